The molecule has 63 heavy (non-hydrogen) atoms. The van der Waals surface area contributed by atoms with Crippen molar-refractivity contribution in [1.29, 1.82) is 0 Å². The van der Waals surface area contributed by atoms with Gasteiger partial charge in [0.05, 0.1) is 0 Å². The molecule has 0 aliphatic heterocycles. The second kappa shape index (κ2) is 52.3. The molecule has 368 valence electrons. The molecule has 0 aromatic rings. The first-order valence-electron chi connectivity index (χ1n) is 27.5. The molecule has 6 nitrogen and oxygen atoms in total. The molecule has 0 aliphatic carbocycles. The lowest BCUT2D eigenvalue weighted by Crippen LogP contribution is -2.30. The van der Waals surface area contributed by atoms with Crippen LogP contribution in [0.4, 0.5) is 0 Å². The van der Waals surface area contributed by atoms with Gasteiger partial charge >= 0.3 is 17.9 Å². The summed E-state index contributed by atoms with van der Waals surface area (Å²) in [5.74, 6) is -0.875. The van der Waals surface area contributed by atoms with Gasteiger partial charge in [-0.15, -0.1) is 0 Å². The van der Waals surface area contributed by atoms with E-state index < -0.39 is 6.10 Å². The first-order chi connectivity index (χ1) is 31.0. The van der Waals surface area contributed by atoms with Gasteiger partial charge in [0.15, 0.2) is 6.10 Å². The van der Waals surface area contributed by atoms with Crippen molar-refractivity contribution >= 4 is 17.9 Å². The lowest BCUT2D eigenvalue weighted by atomic mass is 10.1. The smallest absolute Gasteiger partial charge is 0.306 e. The van der Waals surface area contributed by atoms with Crippen LogP contribution in [0.2, 0.25) is 0 Å². The fraction of sp³-hybridized carbons (Fsp3) is 0.842. The highest BCUT2D eigenvalue weighted by Crippen LogP contribution is 2.15. The fourth-order valence-electron chi connectivity index (χ4n) is 7.94. The third kappa shape index (κ3) is 50.5. The molecule has 0 aromatic heterocycles. The van der Waals surface area contributed by atoms with Crippen molar-refractivity contribution in [2.75, 3.05) is 13.2 Å². The normalized spacial score (nSPS) is 12.2. The maximum atomic E-state index is 12.8. The zero-order valence-corrected chi connectivity index (χ0v) is 42.1. The molecule has 0 spiro atoms. The molecular formula is C57H104O6. The molecule has 0 aromatic carbocycles. The fourth-order valence-corrected chi connectivity index (χ4v) is 7.94. The Kier molecular flexibility index (Phi) is 50.3. The summed E-state index contributed by atoms with van der Waals surface area (Å²) in [4.78, 5) is 38.0. The van der Waals surface area contributed by atoms with Crippen LogP contribution >= 0.6 is 0 Å². The summed E-state index contributed by atoms with van der Waals surface area (Å²) in [5.41, 5.74) is 0. The highest BCUT2D eigenvalue weighted by atomic mass is 16.6. The topological polar surface area (TPSA) is 78.9 Å². The predicted octanol–water partition coefficient (Wildman–Crippen LogP) is 18.1. The van der Waals surface area contributed by atoms with Crippen molar-refractivity contribution < 1.29 is 28.6 Å². The van der Waals surface area contributed by atoms with E-state index >= 15 is 0 Å². The van der Waals surface area contributed by atoms with Gasteiger partial charge in [0.1, 0.15) is 13.2 Å². The van der Waals surface area contributed by atoms with Crippen LogP contribution in [0.15, 0.2) is 36.5 Å². The Labute approximate surface area is 391 Å². The van der Waals surface area contributed by atoms with Crippen molar-refractivity contribution in [1.82, 2.24) is 0 Å². The zero-order chi connectivity index (χ0) is 45.8. The van der Waals surface area contributed by atoms with Gasteiger partial charge in [-0.05, 0) is 77.0 Å². The highest BCUT2D eigenvalue weighted by Gasteiger charge is 2.19. The van der Waals surface area contributed by atoms with E-state index in [1.54, 1.807) is 0 Å². The minimum atomic E-state index is -0.774. The van der Waals surface area contributed by atoms with Crippen LogP contribution in [0, 0.1) is 0 Å². The van der Waals surface area contributed by atoms with Crippen LogP contribution in [0.1, 0.15) is 290 Å². The van der Waals surface area contributed by atoms with E-state index in [1.807, 2.05) is 0 Å². The lowest BCUT2D eigenvalue weighted by Gasteiger charge is -2.18. The van der Waals surface area contributed by atoms with Crippen LogP contribution < -0.4 is 0 Å². The summed E-state index contributed by atoms with van der Waals surface area (Å²) >= 11 is 0. The summed E-state index contributed by atoms with van der Waals surface area (Å²) in [6.07, 6.45) is 61.3. The van der Waals surface area contributed by atoms with Crippen molar-refractivity contribution in [2.24, 2.45) is 0 Å². The second-order valence-electron chi connectivity index (χ2n) is 18.5. The number of ether oxygens (including phenoxy) is 3. The molecule has 0 saturated heterocycles. The van der Waals surface area contributed by atoms with E-state index in [2.05, 4.69) is 57.2 Å². The first-order valence-corrected chi connectivity index (χ1v) is 27.5. The van der Waals surface area contributed by atoms with Crippen molar-refractivity contribution in [3.05, 3.63) is 36.5 Å². The number of carbonyl (C=O) groups excluding carboxylic acids is 3. The maximum absolute atomic E-state index is 12.8. The summed E-state index contributed by atoms with van der Waals surface area (Å²) < 4.78 is 16.8. The SMILES string of the molecule is CCCCC/C=C\C/C=C\CCCCCCCCCC(=O)OC(COC(=O)CCCCCCCCC/C=C\CCCCCCCCC)COC(=O)CCCCCCCCCCCC. The minimum Gasteiger partial charge on any atom is -0.462 e. The Morgan fingerprint density at radius 1 is 0.317 bits per heavy atom. The van der Waals surface area contributed by atoms with Gasteiger partial charge in [-0.25, -0.2) is 0 Å². The van der Waals surface area contributed by atoms with Gasteiger partial charge in [0.25, 0.3) is 0 Å². The summed E-state index contributed by atoms with van der Waals surface area (Å²) in [6.45, 7) is 6.62. The molecule has 0 heterocycles. The van der Waals surface area contributed by atoms with Gasteiger partial charge < -0.3 is 14.2 Å². The van der Waals surface area contributed by atoms with Gasteiger partial charge in [0, 0.05) is 19.3 Å². The van der Waals surface area contributed by atoms with E-state index in [4.69, 9.17) is 14.2 Å². The van der Waals surface area contributed by atoms with Crippen molar-refractivity contribution in [3.8, 4) is 0 Å². The largest absolute Gasteiger partial charge is 0.462 e. The number of rotatable bonds is 50. The standard InChI is InChI=1S/C57H104O6/c1-4-7-10-13-16-19-22-24-26-28-30-31-33-35-38-41-44-47-50-56(59)62-53-54(52-61-55(58)49-46-43-40-37-21-18-15-12-9-6-3)63-57(60)51-48-45-42-39-36-34-32-29-27-25-23-20-17-14-11-8-5-2/h17,20,25-28,54H,4-16,18-19,21-24,29-53H2,1-3H3/b20-17-,27-25-,28-26-. The molecule has 0 aliphatic rings. The van der Waals surface area contributed by atoms with E-state index in [0.717, 1.165) is 70.6 Å². The first kappa shape index (κ1) is 60.6. The van der Waals surface area contributed by atoms with Crippen molar-refractivity contribution in [3.63, 3.8) is 0 Å². The molecule has 0 rings (SSSR count). The van der Waals surface area contributed by atoms with E-state index in [1.165, 1.54) is 180 Å². The Hall–Kier alpha value is -2.37. The number of carbonyl (C=O) groups is 3. The van der Waals surface area contributed by atoms with Gasteiger partial charge in [-0.2, -0.15) is 0 Å². The molecule has 1 unspecified atom stereocenters. The molecular weight excluding hydrogens is 781 g/mol. The lowest BCUT2D eigenvalue weighted by molar-refractivity contribution is -0.167. The summed E-state index contributed by atoms with van der Waals surface area (Å²) in [7, 11) is 0. The molecule has 0 amide bonds. The average molecular weight is 885 g/mol. The molecule has 0 fully saturated rings. The van der Waals surface area contributed by atoms with Gasteiger partial charge in [-0.3, -0.25) is 14.4 Å². The van der Waals surface area contributed by atoms with Crippen LogP contribution in [0.25, 0.3) is 0 Å². The number of esters is 3. The number of allylic oxidation sites excluding steroid dienone is 6. The molecule has 0 N–H and O–H groups in total. The van der Waals surface area contributed by atoms with E-state index in [9.17, 15) is 14.4 Å². The predicted molar refractivity (Wildman–Crippen MR) is 270 cm³/mol. The molecule has 0 bridgehead atoms. The second-order valence-corrected chi connectivity index (χ2v) is 18.5. The third-order valence-corrected chi connectivity index (χ3v) is 12.1. The van der Waals surface area contributed by atoms with E-state index in [-0.39, 0.29) is 31.1 Å². The minimum absolute atomic E-state index is 0.0739. The summed E-state index contributed by atoms with van der Waals surface area (Å²) in [5, 5.41) is 0. The monoisotopic (exact) mass is 885 g/mol. The zero-order valence-electron chi connectivity index (χ0n) is 42.1. The third-order valence-electron chi connectivity index (χ3n) is 12.1. The molecule has 0 saturated carbocycles. The summed E-state index contributed by atoms with van der Waals surface area (Å²) in [6, 6.07) is 0. The molecule has 6 heteroatoms. The van der Waals surface area contributed by atoms with Crippen LogP contribution in [-0.4, -0.2) is 37.2 Å². The maximum Gasteiger partial charge on any atom is 0.306 e. The van der Waals surface area contributed by atoms with Crippen molar-refractivity contribution in [2.45, 2.75) is 297 Å². The Bertz CT molecular complexity index is 1060. The number of hydrogen-bond donors (Lipinski definition) is 0. The average Bonchev–Trinajstić information content (AvgIpc) is 3.28. The van der Waals surface area contributed by atoms with Crippen LogP contribution in [0.5, 0.6) is 0 Å². The van der Waals surface area contributed by atoms with Crippen LogP contribution in [-0.2, 0) is 28.6 Å². The Balaban J connectivity index is 4.32. The van der Waals surface area contributed by atoms with Gasteiger partial charge in [0.2, 0.25) is 0 Å². The number of unbranched alkanes of at least 4 members (excludes halogenated alkanes) is 33. The Morgan fingerprint density at radius 3 is 0.921 bits per heavy atom. The van der Waals surface area contributed by atoms with E-state index in [0.29, 0.717) is 19.3 Å². The Morgan fingerprint density at radius 2 is 0.571 bits per heavy atom. The van der Waals surface area contributed by atoms with Crippen LogP contribution in [0.3, 0.4) is 0 Å². The molecule has 0 radical (unpaired) electrons. The quantitative estimate of drug-likeness (QED) is 0.0262. The molecule has 1 atom stereocenters. The highest BCUT2D eigenvalue weighted by molar-refractivity contribution is 5.71. The number of hydrogen-bond acceptors (Lipinski definition) is 6. The van der Waals surface area contributed by atoms with Gasteiger partial charge in [-0.1, -0.05) is 231 Å².